The summed E-state index contributed by atoms with van der Waals surface area (Å²) in [4.78, 5) is 45.5. The minimum absolute atomic E-state index is 0.0463. The van der Waals surface area contributed by atoms with Gasteiger partial charge in [0, 0.05) is 12.0 Å². The smallest absolute Gasteiger partial charge is 0.276 e. The van der Waals surface area contributed by atoms with E-state index >= 15 is 0 Å². The molecule has 0 aromatic carbocycles. The number of aromatic nitrogens is 3. The van der Waals surface area contributed by atoms with Crippen LogP contribution >= 0.6 is 0 Å². The van der Waals surface area contributed by atoms with Crippen LogP contribution in [0.2, 0.25) is 0 Å². The molecule has 144 valence electrons. The van der Waals surface area contributed by atoms with Crippen LogP contribution in [-0.4, -0.2) is 26.3 Å². The van der Waals surface area contributed by atoms with Crippen LogP contribution in [0.4, 0.5) is 17.3 Å². The Hall–Kier alpha value is -3.23. The van der Waals surface area contributed by atoms with Crippen LogP contribution < -0.4 is 21.5 Å². The summed E-state index contributed by atoms with van der Waals surface area (Å²) >= 11 is 0. The molecule has 2 aliphatic carbocycles. The first-order chi connectivity index (χ1) is 13.6. The molecule has 9 nitrogen and oxygen atoms in total. The molecule has 1 spiro atoms. The maximum Gasteiger partial charge on any atom is 0.276 e. The van der Waals surface area contributed by atoms with E-state index in [1.54, 1.807) is 22.8 Å². The fourth-order valence-corrected chi connectivity index (χ4v) is 4.08. The van der Waals surface area contributed by atoms with Crippen LogP contribution in [0.25, 0.3) is 0 Å². The minimum atomic E-state index is -0.615. The minimum Gasteiger partial charge on any atom is -0.336 e. The molecule has 1 aliphatic heterocycles. The van der Waals surface area contributed by atoms with E-state index in [4.69, 9.17) is 0 Å². The molecule has 2 fully saturated rings. The van der Waals surface area contributed by atoms with E-state index in [0.717, 1.165) is 38.5 Å². The van der Waals surface area contributed by atoms with Crippen LogP contribution in [0.3, 0.4) is 0 Å². The summed E-state index contributed by atoms with van der Waals surface area (Å²) in [6.07, 6.45) is 6.59. The first-order valence-corrected chi connectivity index (χ1v) is 9.55. The third-order valence-corrected chi connectivity index (χ3v) is 5.65. The maximum absolute atomic E-state index is 13.1. The number of amides is 2. The van der Waals surface area contributed by atoms with E-state index in [2.05, 4.69) is 25.9 Å². The third-order valence-electron chi connectivity index (χ3n) is 5.65. The lowest BCUT2D eigenvalue weighted by atomic mass is 10.1. The molecule has 2 amide bonds. The molecule has 2 aromatic heterocycles. The van der Waals surface area contributed by atoms with Gasteiger partial charge >= 0.3 is 0 Å². The van der Waals surface area contributed by atoms with Crippen molar-refractivity contribution in [3.63, 3.8) is 0 Å². The second-order valence-electron chi connectivity index (χ2n) is 7.64. The molecule has 9 heteroatoms. The Balaban J connectivity index is 1.45. The van der Waals surface area contributed by atoms with E-state index < -0.39 is 5.66 Å². The van der Waals surface area contributed by atoms with Gasteiger partial charge in [-0.2, -0.15) is 0 Å². The fraction of sp³-hybridized carbons (Fsp3) is 0.421. The van der Waals surface area contributed by atoms with E-state index in [1.165, 1.54) is 6.33 Å². The van der Waals surface area contributed by atoms with Gasteiger partial charge in [-0.15, -0.1) is 0 Å². The molecule has 5 rings (SSSR count). The predicted molar refractivity (Wildman–Crippen MR) is 101 cm³/mol. The second kappa shape index (κ2) is 6.15. The van der Waals surface area contributed by atoms with Crippen molar-refractivity contribution < 1.29 is 9.59 Å². The van der Waals surface area contributed by atoms with Crippen molar-refractivity contribution in [1.82, 2.24) is 19.9 Å². The molecule has 0 unspecified atom stereocenters. The standard InChI is InChI=1S/C19H20N6O3/c26-16(11-3-4-11)23-15-9-14(20-10-21-15)22-12-5-6-13-17(27)24-19(7-1-2-8-19)25(13)18(12)28/h5-6,9-11H,1-4,7-8H2,(H,24,27)(H2,20,21,22,23,26). The SMILES string of the molecule is O=C1NC2(CCCC2)n2c1ccc(Nc1cc(NC(=O)C3CC3)ncn1)c2=O. The Morgan fingerprint density at radius 1 is 1.14 bits per heavy atom. The highest BCUT2D eigenvalue weighted by Gasteiger charge is 2.45. The summed E-state index contributed by atoms with van der Waals surface area (Å²) in [6, 6.07) is 4.84. The monoisotopic (exact) mass is 380 g/mol. The number of hydrogen-bond acceptors (Lipinski definition) is 6. The van der Waals surface area contributed by atoms with Crippen molar-refractivity contribution >= 4 is 29.1 Å². The van der Waals surface area contributed by atoms with E-state index in [9.17, 15) is 14.4 Å². The number of pyridine rings is 1. The lowest BCUT2D eigenvalue weighted by Gasteiger charge is -2.26. The largest absolute Gasteiger partial charge is 0.336 e. The zero-order chi connectivity index (χ0) is 19.3. The van der Waals surface area contributed by atoms with E-state index in [-0.39, 0.29) is 23.3 Å². The molecule has 3 N–H and O–H groups in total. The number of nitrogens with zero attached hydrogens (tertiary/aromatic N) is 3. The molecule has 0 bridgehead atoms. The van der Waals surface area contributed by atoms with Gasteiger partial charge in [0.2, 0.25) is 5.91 Å². The van der Waals surface area contributed by atoms with Gasteiger partial charge in [-0.3, -0.25) is 19.0 Å². The van der Waals surface area contributed by atoms with Crippen LogP contribution in [0, 0.1) is 5.92 Å². The van der Waals surface area contributed by atoms with Crippen LogP contribution in [0.5, 0.6) is 0 Å². The van der Waals surface area contributed by atoms with Gasteiger partial charge in [-0.05, 0) is 50.7 Å². The van der Waals surface area contributed by atoms with Gasteiger partial charge in [0.1, 0.15) is 35.0 Å². The first kappa shape index (κ1) is 16.9. The van der Waals surface area contributed by atoms with Gasteiger partial charge in [-0.1, -0.05) is 0 Å². The first-order valence-electron chi connectivity index (χ1n) is 9.55. The number of hydrogen-bond donors (Lipinski definition) is 3. The molecule has 0 atom stereocenters. The summed E-state index contributed by atoms with van der Waals surface area (Å²) in [5, 5.41) is 8.77. The topological polar surface area (TPSA) is 118 Å². The average molecular weight is 380 g/mol. The van der Waals surface area contributed by atoms with Crippen LogP contribution in [0.1, 0.15) is 49.0 Å². The lowest BCUT2D eigenvalue weighted by molar-refractivity contribution is -0.117. The molecule has 2 aromatic rings. The molecule has 3 heterocycles. The van der Waals surface area contributed by atoms with Crippen molar-refractivity contribution in [1.29, 1.82) is 0 Å². The molecular formula is C19H20N6O3. The number of nitrogens with one attached hydrogen (secondary N) is 3. The van der Waals surface area contributed by atoms with Gasteiger partial charge in [0.25, 0.3) is 11.5 Å². The zero-order valence-electron chi connectivity index (χ0n) is 15.2. The fourth-order valence-electron chi connectivity index (χ4n) is 4.08. The van der Waals surface area contributed by atoms with Crippen molar-refractivity contribution in [2.24, 2.45) is 5.92 Å². The molecule has 0 radical (unpaired) electrons. The Morgan fingerprint density at radius 2 is 1.89 bits per heavy atom. The number of anilines is 3. The molecular weight excluding hydrogens is 360 g/mol. The highest BCUT2D eigenvalue weighted by Crippen LogP contribution is 2.38. The lowest BCUT2D eigenvalue weighted by Crippen LogP contribution is -2.45. The highest BCUT2D eigenvalue weighted by molar-refractivity contribution is 5.95. The number of rotatable bonds is 4. The van der Waals surface area contributed by atoms with Gasteiger partial charge in [0.05, 0.1) is 0 Å². The van der Waals surface area contributed by atoms with Gasteiger partial charge in [0.15, 0.2) is 0 Å². The van der Waals surface area contributed by atoms with Crippen molar-refractivity contribution in [3.8, 4) is 0 Å². The Bertz CT molecular complexity index is 1040. The van der Waals surface area contributed by atoms with Crippen molar-refractivity contribution in [2.75, 3.05) is 10.6 Å². The summed E-state index contributed by atoms with van der Waals surface area (Å²) in [6.45, 7) is 0. The molecule has 28 heavy (non-hydrogen) atoms. The molecule has 0 saturated heterocycles. The van der Waals surface area contributed by atoms with Gasteiger partial charge < -0.3 is 16.0 Å². The predicted octanol–water partition coefficient (Wildman–Crippen LogP) is 1.70. The third kappa shape index (κ3) is 2.74. The number of carbonyl (C=O) groups excluding carboxylic acids is 2. The number of fused-ring (bicyclic) bond motifs is 2. The molecule has 3 aliphatic rings. The van der Waals surface area contributed by atoms with Crippen LogP contribution in [-0.2, 0) is 10.5 Å². The Kier molecular flexibility index (Phi) is 3.71. The highest BCUT2D eigenvalue weighted by atomic mass is 16.2. The average Bonchev–Trinajstić information content (AvgIpc) is 3.37. The van der Waals surface area contributed by atoms with Crippen molar-refractivity contribution in [3.05, 3.63) is 40.6 Å². The van der Waals surface area contributed by atoms with Crippen molar-refractivity contribution in [2.45, 2.75) is 44.2 Å². The second-order valence-corrected chi connectivity index (χ2v) is 7.64. The molecule has 2 saturated carbocycles. The summed E-state index contributed by atoms with van der Waals surface area (Å²) < 4.78 is 1.58. The summed E-state index contributed by atoms with van der Waals surface area (Å²) in [5.74, 6) is 0.601. The maximum atomic E-state index is 13.1. The zero-order valence-corrected chi connectivity index (χ0v) is 15.2. The van der Waals surface area contributed by atoms with E-state index in [0.29, 0.717) is 23.0 Å². The Morgan fingerprint density at radius 3 is 2.64 bits per heavy atom. The summed E-state index contributed by atoms with van der Waals surface area (Å²) in [7, 11) is 0. The van der Waals surface area contributed by atoms with Crippen LogP contribution in [0.15, 0.2) is 29.3 Å². The summed E-state index contributed by atoms with van der Waals surface area (Å²) in [5.41, 5.74) is -0.168. The quantitative estimate of drug-likeness (QED) is 0.743. The van der Waals surface area contributed by atoms with Gasteiger partial charge in [-0.25, -0.2) is 9.97 Å². The number of carbonyl (C=O) groups is 2. The Labute approximate surface area is 160 Å². The normalized spacial score (nSPS) is 19.4. The van der Waals surface area contributed by atoms with E-state index in [1.807, 2.05) is 0 Å².